The molecule has 1 aliphatic carbocycles. The molecule has 22 heteroatoms. The number of aryl methyl sites for hydroxylation is 1. The average Bonchev–Trinajstić information content (AvgIpc) is 1.53. The van der Waals surface area contributed by atoms with E-state index in [1.807, 2.05) is 82.3 Å². The number of nitrogen functional groups attached to an aromatic ring is 1. The first-order chi connectivity index (χ1) is 45.3. The van der Waals surface area contributed by atoms with E-state index in [0.717, 1.165) is 41.5 Å². The molecule has 6 aromatic rings. The molecule has 1 saturated carbocycles. The van der Waals surface area contributed by atoms with Gasteiger partial charge in [0.15, 0.2) is 0 Å². The third-order valence-corrected chi connectivity index (χ3v) is 19.5. The monoisotopic (exact) mass is 1320 g/mol. The van der Waals surface area contributed by atoms with Gasteiger partial charge in [0.05, 0.1) is 89.8 Å². The molecule has 94 heavy (non-hydrogen) atoms. The molecule has 5 aliphatic rings. The molecule has 498 valence electrons. The highest BCUT2D eigenvalue weighted by atomic mass is 35.5. The molecule has 2 N–H and O–H groups in total. The molecule has 2 aromatic heterocycles. The maximum absolute atomic E-state index is 15.5. The van der Waals surface area contributed by atoms with Gasteiger partial charge in [-0.25, -0.2) is 14.2 Å². The Bertz CT molecular complexity index is 3770. The van der Waals surface area contributed by atoms with Crippen LogP contribution in [0.3, 0.4) is 0 Å². The number of ether oxygens (including phenoxy) is 5. The third kappa shape index (κ3) is 14.7. The number of amides is 3. The van der Waals surface area contributed by atoms with E-state index >= 15 is 4.79 Å². The molecule has 6 heterocycles. The number of hydrogen-bond donors (Lipinski definition) is 1. The van der Waals surface area contributed by atoms with Crippen molar-refractivity contribution >= 4 is 64.1 Å². The van der Waals surface area contributed by atoms with Crippen molar-refractivity contribution in [3.63, 3.8) is 0 Å². The van der Waals surface area contributed by atoms with Gasteiger partial charge in [0, 0.05) is 85.5 Å². The number of aliphatic imine (C=N–C) groups is 1. The zero-order valence-corrected chi connectivity index (χ0v) is 56.3. The first kappa shape index (κ1) is 67.9. The number of aromatic nitrogens is 3. The van der Waals surface area contributed by atoms with Crippen LogP contribution in [-0.2, 0) is 53.3 Å². The highest BCUT2D eigenvalue weighted by molar-refractivity contribution is 6.31. The summed E-state index contributed by atoms with van der Waals surface area (Å²) in [7, 11) is 0. The van der Waals surface area contributed by atoms with Crippen LogP contribution >= 0.6 is 23.2 Å². The molecule has 3 atom stereocenters. The van der Waals surface area contributed by atoms with Gasteiger partial charge in [-0.15, -0.1) is 5.10 Å². The van der Waals surface area contributed by atoms with Crippen LogP contribution < -0.4 is 15.4 Å². The number of pyridine rings is 1. The van der Waals surface area contributed by atoms with E-state index in [4.69, 9.17) is 69.3 Å². The molecule has 3 amide bonds. The van der Waals surface area contributed by atoms with Crippen LogP contribution in [0.4, 0.5) is 26.5 Å². The maximum Gasteiger partial charge on any atom is 0.326 e. The zero-order valence-electron chi connectivity index (χ0n) is 54.8. The highest BCUT2D eigenvalue weighted by Gasteiger charge is 2.60. The van der Waals surface area contributed by atoms with Gasteiger partial charge in [0.25, 0.3) is 11.7 Å². The van der Waals surface area contributed by atoms with Crippen molar-refractivity contribution in [1.29, 1.82) is 0 Å². The second-order valence-electron chi connectivity index (χ2n) is 26.1. The molecule has 0 spiro atoms. The van der Waals surface area contributed by atoms with Crippen LogP contribution in [0.1, 0.15) is 136 Å². The first-order valence-corrected chi connectivity index (χ1v) is 33.7. The third-order valence-electron chi connectivity index (χ3n) is 19.0. The van der Waals surface area contributed by atoms with Gasteiger partial charge in [-0.05, 0) is 147 Å². The van der Waals surface area contributed by atoms with E-state index in [0.29, 0.717) is 178 Å². The Labute approximate surface area is 561 Å². The fourth-order valence-electron chi connectivity index (χ4n) is 13.5. The van der Waals surface area contributed by atoms with E-state index in [2.05, 4.69) is 66.4 Å². The number of piperazine rings is 1. The standard InChI is InChI=1S/C72H86Cl2FN11O8/c1-8-94-63-44-51(70(2,3)4)17-25-58(63)66-79-71(5,49-13-18-52(73)19-14-49)72(6,50-15-20-53(74)21-16-50)86(66)69(89)82-32-30-81(31-33-82)34-36-91-38-40-93-42-41-92-39-37-90-35-27-56(87)11-9-29-85-67(77-7)64-48-43-62(65(76)78-46-48)83-28-10-12-61(83)59-45-54(75)22-26-57(59)68(88)84(55-23-24-55)47-60(64)80-85/h13-22,25-26,43-46,55,61H,8-12,23-24,27-42,47H2,1-6H3,(H2,76,78)/t61-,71+,72-/m1/s1. The van der Waals surface area contributed by atoms with Crippen LogP contribution in [0.25, 0.3) is 16.0 Å². The highest BCUT2D eigenvalue weighted by Crippen LogP contribution is 2.55. The molecule has 2 saturated heterocycles. The number of ketones is 1. The van der Waals surface area contributed by atoms with Crippen molar-refractivity contribution < 1.29 is 42.5 Å². The van der Waals surface area contributed by atoms with Gasteiger partial charge in [-0.1, -0.05) is 80.9 Å². The van der Waals surface area contributed by atoms with Crippen molar-refractivity contribution in [2.45, 2.75) is 128 Å². The van der Waals surface area contributed by atoms with Gasteiger partial charge >= 0.3 is 6.03 Å². The number of carbonyl (C=O) groups is 3. The van der Waals surface area contributed by atoms with Crippen molar-refractivity contribution in [3.05, 3.63) is 164 Å². The number of halogens is 3. The van der Waals surface area contributed by atoms with Crippen molar-refractivity contribution in [2.75, 3.05) is 109 Å². The lowest BCUT2D eigenvalue weighted by atomic mass is 9.71. The van der Waals surface area contributed by atoms with Gasteiger partial charge in [0.1, 0.15) is 45.8 Å². The Morgan fingerprint density at radius 3 is 2.06 bits per heavy atom. The van der Waals surface area contributed by atoms with E-state index in [-0.39, 0.29) is 61.2 Å². The number of fused-ring (bicyclic) bond motifs is 8. The van der Waals surface area contributed by atoms with Crippen LogP contribution in [0.2, 0.25) is 10.0 Å². The van der Waals surface area contributed by atoms with Gasteiger partial charge in [-0.3, -0.25) is 24.4 Å². The molecule has 11 rings (SSSR count). The van der Waals surface area contributed by atoms with E-state index in [1.54, 1.807) is 16.9 Å². The van der Waals surface area contributed by atoms with Gasteiger partial charge in [-0.2, -0.15) is 4.68 Å². The lowest BCUT2D eigenvalue weighted by Crippen LogP contribution is -2.60. The van der Waals surface area contributed by atoms with Crippen LogP contribution in [0, 0.1) is 12.4 Å². The fraction of sp³-hybridized carbons (Fsp3) is 0.486. The SMILES string of the molecule is [C-]#[N+]c1c2c(nn1CCCC(=O)CCOCCOCCOCCOCCN1CCN(C(=O)N3C(c4ccc(C(C)(C)C)cc4OCC)=N[C@@](C)(c4ccc(Cl)cc4)[C@@]3(C)c3ccc(Cl)cc3)CC1)CN(C1CC1)C(=O)c1ccc(F)cc1[C@H]1CCCN1c1cc-2cnc1N. The fourth-order valence-corrected chi connectivity index (χ4v) is 13.7. The van der Waals surface area contributed by atoms with Crippen molar-refractivity contribution in [1.82, 2.24) is 34.4 Å². The van der Waals surface area contributed by atoms with Crippen LogP contribution in [-0.4, -0.2) is 163 Å². The second-order valence-corrected chi connectivity index (χ2v) is 27.0. The lowest BCUT2D eigenvalue weighted by molar-refractivity contribution is -0.120. The number of nitrogens with zero attached hydrogens (tertiary/aromatic N) is 10. The molecule has 3 fully saturated rings. The van der Waals surface area contributed by atoms with E-state index in [1.165, 1.54) is 12.1 Å². The predicted octanol–water partition coefficient (Wildman–Crippen LogP) is 12.8. The summed E-state index contributed by atoms with van der Waals surface area (Å²) in [6, 6.07) is 27.6. The summed E-state index contributed by atoms with van der Waals surface area (Å²) in [6.45, 7) is 28.7. The Morgan fingerprint density at radius 1 is 0.766 bits per heavy atom. The summed E-state index contributed by atoms with van der Waals surface area (Å²) in [4.78, 5) is 67.3. The van der Waals surface area contributed by atoms with Gasteiger partial charge < -0.3 is 49.0 Å². The number of rotatable bonds is 25. The first-order valence-electron chi connectivity index (χ1n) is 32.9. The quantitative estimate of drug-likeness (QED) is 0.0422. The number of hydrogen-bond acceptors (Lipinski definition) is 14. The Morgan fingerprint density at radius 2 is 1.41 bits per heavy atom. The number of anilines is 2. The largest absolute Gasteiger partial charge is 0.493 e. The summed E-state index contributed by atoms with van der Waals surface area (Å²) in [5.41, 5.74) is 11.6. The smallest absolute Gasteiger partial charge is 0.326 e. The molecule has 0 radical (unpaired) electrons. The Hall–Kier alpha value is -7.48. The molecule has 4 aromatic carbocycles. The number of urea groups is 1. The number of Topliss-reactive ketones (excluding diaryl/α,β-unsaturated/α-hetero) is 1. The maximum atomic E-state index is 15.5. The Balaban J connectivity index is 0.600. The van der Waals surface area contributed by atoms with Gasteiger partial charge in [0.2, 0.25) is 0 Å². The molecule has 0 unspecified atom stereocenters. The van der Waals surface area contributed by atoms with Crippen LogP contribution in [0.5, 0.6) is 5.75 Å². The van der Waals surface area contributed by atoms with Crippen LogP contribution in [0.15, 0.2) is 102 Å². The van der Waals surface area contributed by atoms with E-state index in [9.17, 15) is 14.0 Å². The minimum Gasteiger partial charge on any atom is -0.493 e. The molecule has 19 nitrogen and oxygen atoms in total. The average molecular weight is 1320 g/mol. The lowest BCUT2D eigenvalue weighted by Gasteiger charge is -2.47. The predicted molar refractivity (Wildman–Crippen MR) is 363 cm³/mol. The molecular formula is C72H86Cl2FN11O8. The summed E-state index contributed by atoms with van der Waals surface area (Å²) in [5.74, 6) is 1.24. The van der Waals surface area contributed by atoms with Crippen molar-refractivity contribution in [2.24, 2.45) is 4.99 Å². The summed E-state index contributed by atoms with van der Waals surface area (Å²) >= 11 is 13.0. The Kier molecular flexibility index (Phi) is 21.4. The van der Waals surface area contributed by atoms with Crippen molar-refractivity contribution in [3.8, 4) is 16.9 Å². The summed E-state index contributed by atoms with van der Waals surface area (Å²) < 4.78 is 46.2. The number of amidine groups is 1. The number of carbonyl (C=O) groups excluding carboxylic acids is 3. The van der Waals surface area contributed by atoms with E-state index < -0.39 is 16.9 Å². The minimum absolute atomic E-state index is 0.00238. The summed E-state index contributed by atoms with van der Waals surface area (Å²) in [6.07, 6.45) is 5.83. The normalized spacial score (nSPS) is 19.9. The summed E-state index contributed by atoms with van der Waals surface area (Å²) in [5, 5.41) is 6.15. The molecule has 4 aliphatic heterocycles. The number of benzene rings is 4. The zero-order chi connectivity index (χ0) is 66.3. The molecular weight excluding hydrogens is 1240 g/mol. The second kappa shape index (κ2) is 29.7. The molecule has 2 bridgehead atoms. The minimum atomic E-state index is -1.03. The topological polar surface area (TPSA) is 187 Å². The number of nitrogens with two attached hydrogens (primary N) is 1.